The molecule has 1 aromatic carbocycles. The van der Waals surface area contributed by atoms with Crippen molar-refractivity contribution in [2.75, 3.05) is 19.5 Å². The molecule has 0 saturated carbocycles. The van der Waals surface area contributed by atoms with E-state index in [0.29, 0.717) is 11.8 Å². The fourth-order valence-corrected chi connectivity index (χ4v) is 3.81. The van der Waals surface area contributed by atoms with Crippen molar-refractivity contribution in [2.45, 2.75) is 32.5 Å². The fourth-order valence-electron chi connectivity index (χ4n) is 3.04. The van der Waals surface area contributed by atoms with Crippen LogP contribution in [0.4, 0.5) is 0 Å². The molecule has 0 saturated heterocycles. The summed E-state index contributed by atoms with van der Waals surface area (Å²) in [6.07, 6.45) is 0. The number of carbonyl (C=O) groups excluding carboxylic acids is 1. The Morgan fingerprint density at radius 3 is 2.74 bits per heavy atom. The lowest BCUT2D eigenvalue weighted by Crippen LogP contribution is -2.10. The van der Waals surface area contributed by atoms with Crippen molar-refractivity contribution >= 4 is 17.5 Å². The molecule has 0 aliphatic carbocycles. The predicted octanol–water partition coefficient (Wildman–Crippen LogP) is 3.01. The number of aryl methyl sites for hydroxylation is 2. The molecule has 0 bridgehead atoms. The van der Waals surface area contributed by atoms with Gasteiger partial charge in [0.1, 0.15) is 0 Å². The zero-order chi connectivity index (χ0) is 19.4. The SMILES string of the molecule is COCCn1c(C)cc(C(=O)CSc2nnnn2-c2ccccc2C)c1C. The van der Waals surface area contributed by atoms with Crippen LogP contribution in [0.2, 0.25) is 0 Å². The van der Waals surface area contributed by atoms with E-state index in [2.05, 4.69) is 20.1 Å². The van der Waals surface area contributed by atoms with Crippen LogP contribution in [-0.2, 0) is 11.3 Å². The van der Waals surface area contributed by atoms with Gasteiger partial charge in [-0.25, -0.2) is 0 Å². The lowest BCUT2D eigenvalue weighted by atomic mass is 10.2. The Morgan fingerprint density at radius 2 is 2.00 bits per heavy atom. The van der Waals surface area contributed by atoms with Crippen LogP contribution >= 0.6 is 11.8 Å². The Balaban J connectivity index is 1.75. The maximum Gasteiger partial charge on any atom is 0.214 e. The third-order valence-corrected chi connectivity index (χ3v) is 5.43. The summed E-state index contributed by atoms with van der Waals surface area (Å²) in [5.41, 5.74) is 4.75. The van der Waals surface area contributed by atoms with Gasteiger partial charge in [0, 0.05) is 30.6 Å². The average Bonchev–Trinajstić information content (AvgIpc) is 3.23. The summed E-state index contributed by atoms with van der Waals surface area (Å²) in [4.78, 5) is 12.8. The third-order valence-electron chi connectivity index (χ3n) is 4.51. The first-order valence-corrected chi connectivity index (χ1v) is 9.67. The van der Waals surface area contributed by atoms with Crippen molar-refractivity contribution in [1.82, 2.24) is 24.8 Å². The number of tetrazole rings is 1. The number of thioether (sulfide) groups is 1. The number of hydrogen-bond donors (Lipinski definition) is 0. The number of carbonyl (C=O) groups is 1. The minimum atomic E-state index is 0.0658. The van der Waals surface area contributed by atoms with E-state index in [4.69, 9.17) is 4.74 Å². The first kappa shape index (κ1) is 19.3. The van der Waals surface area contributed by atoms with E-state index in [-0.39, 0.29) is 11.5 Å². The molecule has 0 aliphatic rings. The summed E-state index contributed by atoms with van der Waals surface area (Å²) in [7, 11) is 1.68. The first-order chi connectivity index (χ1) is 13.0. The van der Waals surface area contributed by atoms with E-state index < -0.39 is 0 Å². The van der Waals surface area contributed by atoms with Crippen LogP contribution in [0.25, 0.3) is 5.69 Å². The molecule has 3 rings (SSSR count). The highest BCUT2D eigenvalue weighted by atomic mass is 32.2. The molecular formula is C19H23N5O2S. The Labute approximate surface area is 162 Å². The van der Waals surface area contributed by atoms with Crippen molar-refractivity contribution in [3.8, 4) is 5.69 Å². The smallest absolute Gasteiger partial charge is 0.214 e. The average molecular weight is 385 g/mol. The second-order valence-corrected chi connectivity index (χ2v) is 7.24. The summed E-state index contributed by atoms with van der Waals surface area (Å²) in [5.74, 6) is 0.344. The highest BCUT2D eigenvalue weighted by Crippen LogP contribution is 2.23. The van der Waals surface area contributed by atoms with Crippen molar-refractivity contribution in [3.05, 3.63) is 52.8 Å². The van der Waals surface area contributed by atoms with Crippen LogP contribution in [0.15, 0.2) is 35.5 Å². The number of ketones is 1. The lowest BCUT2D eigenvalue weighted by molar-refractivity contribution is 0.102. The van der Waals surface area contributed by atoms with Gasteiger partial charge < -0.3 is 9.30 Å². The molecule has 0 N–H and O–H groups in total. The topological polar surface area (TPSA) is 74.8 Å². The quantitative estimate of drug-likeness (QED) is 0.438. The number of hydrogen-bond acceptors (Lipinski definition) is 6. The van der Waals surface area contributed by atoms with E-state index >= 15 is 0 Å². The zero-order valence-corrected chi connectivity index (χ0v) is 16.8. The maximum atomic E-state index is 12.8. The summed E-state index contributed by atoms with van der Waals surface area (Å²) >= 11 is 1.35. The van der Waals surface area contributed by atoms with Crippen LogP contribution in [0, 0.1) is 20.8 Å². The molecule has 27 heavy (non-hydrogen) atoms. The molecule has 0 fully saturated rings. The summed E-state index contributed by atoms with van der Waals surface area (Å²) < 4.78 is 8.94. The van der Waals surface area contributed by atoms with E-state index in [9.17, 15) is 4.79 Å². The van der Waals surface area contributed by atoms with Gasteiger partial charge in [0.15, 0.2) is 5.78 Å². The van der Waals surface area contributed by atoms with E-state index in [1.165, 1.54) is 11.8 Å². The highest BCUT2D eigenvalue weighted by molar-refractivity contribution is 7.99. The fraction of sp³-hybridized carbons (Fsp3) is 0.368. The molecule has 0 atom stereocenters. The molecule has 0 radical (unpaired) electrons. The monoisotopic (exact) mass is 385 g/mol. The number of benzene rings is 1. The van der Waals surface area contributed by atoms with Crippen molar-refractivity contribution in [2.24, 2.45) is 0 Å². The van der Waals surface area contributed by atoms with Crippen molar-refractivity contribution in [3.63, 3.8) is 0 Å². The van der Waals surface area contributed by atoms with Crippen LogP contribution in [0.5, 0.6) is 0 Å². The molecule has 2 aromatic heterocycles. The van der Waals surface area contributed by atoms with Crippen LogP contribution in [0.1, 0.15) is 27.3 Å². The van der Waals surface area contributed by atoms with Gasteiger partial charge in [0.2, 0.25) is 5.16 Å². The van der Waals surface area contributed by atoms with Gasteiger partial charge in [0.05, 0.1) is 18.0 Å². The summed E-state index contributed by atoms with van der Waals surface area (Å²) in [6.45, 7) is 7.33. The van der Waals surface area contributed by atoms with Crippen LogP contribution in [-0.4, -0.2) is 50.0 Å². The largest absolute Gasteiger partial charge is 0.383 e. The molecule has 7 nitrogen and oxygen atoms in total. The lowest BCUT2D eigenvalue weighted by Gasteiger charge is -2.09. The molecule has 8 heteroatoms. The van der Waals surface area contributed by atoms with Gasteiger partial charge in [-0.2, -0.15) is 4.68 Å². The van der Waals surface area contributed by atoms with Crippen LogP contribution < -0.4 is 0 Å². The molecular weight excluding hydrogens is 362 g/mol. The number of ether oxygens (including phenoxy) is 1. The summed E-state index contributed by atoms with van der Waals surface area (Å²) in [5, 5.41) is 12.5. The van der Waals surface area contributed by atoms with E-state index in [1.54, 1.807) is 11.8 Å². The number of rotatable bonds is 8. The Bertz CT molecular complexity index is 947. The molecule has 0 aliphatic heterocycles. The molecule has 3 aromatic rings. The first-order valence-electron chi connectivity index (χ1n) is 8.69. The van der Waals surface area contributed by atoms with E-state index in [0.717, 1.165) is 34.7 Å². The van der Waals surface area contributed by atoms with Crippen molar-refractivity contribution in [1.29, 1.82) is 0 Å². The number of nitrogens with zero attached hydrogens (tertiary/aromatic N) is 5. The minimum Gasteiger partial charge on any atom is -0.383 e. The number of para-hydroxylation sites is 1. The Hall–Kier alpha value is -2.45. The molecule has 0 spiro atoms. The second-order valence-electron chi connectivity index (χ2n) is 6.30. The van der Waals surface area contributed by atoms with Gasteiger partial charge in [-0.3, -0.25) is 4.79 Å². The minimum absolute atomic E-state index is 0.0658. The molecule has 0 unspecified atom stereocenters. The van der Waals surface area contributed by atoms with Crippen LogP contribution in [0.3, 0.4) is 0 Å². The number of methoxy groups -OCH3 is 1. The van der Waals surface area contributed by atoms with Crippen molar-refractivity contribution < 1.29 is 9.53 Å². The predicted molar refractivity (Wildman–Crippen MR) is 105 cm³/mol. The molecule has 142 valence electrons. The van der Waals surface area contributed by atoms with Gasteiger partial charge in [-0.1, -0.05) is 30.0 Å². The highest BCUT2D eigenvalue weighted by Gasteiger charge is 2.18. The van der Waals surface area contributed by atoms with E-state index in [1.807, 2.05) is 51.1 Å². The summed E-state index contributed by atoms with van der Waals surface area (Å²) in [6, 6.07) is 9.82. The Kier molecular flexibility index (Phi) is 6.08. The van der Waals surface area contributed by atoms with Gasteiger partial charge >= 0.3 is 0 Å². The van der Waals surface area contributed by atoms with Gasteiger partial charge in [-0.05, 0) is 48.9 Å². The van der Waals surface area contributed by atoms with Gasteiger partial charge in [-0.15, -0.1) is 5.10 Å². The molecule has 2 heterocycles. The Morgan fingerprint density at radius 1 is 1.22 bits per heavy atom. The maximum absolute atomic E-state index is 12.8. The zero-order valence-electron chi connectivity index (χ0n) is 16.0. The number of aromatic nitrogens is 5. The standard InChI is InChI=1S/C19H23N5O2S/c1-13-7-5-6-8-17(13)24-19(20-21-22-24)27-12-18(25)16-11-14(2)23(15(16)3)9-10-26-4/h5-8,11H,9-10,12H2,1-4H3. The molecule has 0 amide bonds. The third kappa shape index (κ3) is 4.12. The number of Topliss-reactive ketones (excluding diaryl/α,β-unsaturated/α-hetero) is 1. The normalized spacial score (nSPS) is 11.1. The second kappa shape index (κ2) is 8.49. The van der Waals surface area contributed by atoms with Gasteiger partial charge in [0.25, 0.3) is 0 Å².